The van der Waals surface area contributed by atoms with Gasteiger partial charge < -0.3 is 14.7 Å². The molecule has 0 aromatic heterocycles. The summed E-state index contributed by atoms with van der Waals surface area (Å²) in [6.45, 7) is 8.47. The minimum Gasteiger partial charge on any atom is -0.444 e. The van der Waals surface area contributed by atoms with Gasteiger partial charge in [0, 0.05) is 6.54 Å². The highest BCUT2D eigenvalue weighted by Gasteiger charge is 2.31. The summed E-state index contributed by atoms with van der Waals surface area (Å²) >= 11 is 0. The van der Waals surface area contributed by atoms with Crippen LogP contribution in [0.4, 0.5) is 4.79 Å². The third kappa shape index (κ3) is 4.29. The van der Waals surface area contributed by atoms with Crippen LogP contribution in [-0.4, -0.2) is 34.3 Å². The van der Waals surface area contributed by atoms with Crippen molar-refractivity contribution in [3.63, 3.8) is 0 Å². The minimum absolute atomic E-state index is 0.0140. The Morgan fingerprint density at radius 3 is 2.58 bits per heavy atom. The van der Waals surface area contributed by atoms with E-state index in [4.69, 9.17) is 4.74 Å². The average molecular weight is 357 g/mol. The molecule has 142 valence electrons. The van der Waals surface area contributed by atoms with Gasteiger partial charge in [-0.2, -0.15) is 0 Å². The Morgan fingerprint density at radius 2 is 1.92 bits per heavy atom. The van der Waals surface area contributed by atoms with Gasteiger partial charge in [0.25, 0.3) is 0 Å². The summed E-state index contributed by atoms with van der Waals surface area (Å²) in [5.74, 6) is 0. The van der Waals surface area contributed by atoms with Gasteiger partial charge in [-0.1, -0.05) is 29.8 Å². The number of aliphatic hydroxyl groups excluding tert-OH is 1. The maximum absolute atomic E-state index is 12.5. The van der Waals surface area contributed by atoms with Gasteiger partial charge in [-0.25, -0.2) is 4.79 Å². The van der Waals surface area contributed by atoms with Crippen LogP contribution in [0.15, 0.2) is 23.8 Å². The minimum atomic E-state index is -0.477. The second-order valence-corrected chi connectivity index (χ2v) is 8.55. The normalized spacial score (nSPS) is 23.4. The monoisotopic (exact) mass is 357 g/mol. The van der Waals surface area contributed by atoms with Crippen molar-refractivity contribution in [1.29, 1.82) is 0 Å². The fourth-order valence-corrected chi connectivity index (χ4v) is 3.94. The molecule has 1 fully saturated rings. The van der Waals surface area contributed by atoms with Crippen LogP contribution in [0.25, 0.3) is 6.08 Å². The van der Waals surface area contributed by atoms with Gasteiger partial charge in [-0.3, -0.25) is 0 Å². The van der Waals surface area contributed by atoms with E-state index >= 15 is 0 Å². The van der Waals surface area contributed by atoms with E-state index in [1.807, 2.05) is 25.7 Å². The highest BCUT2D eigenvalue weighted by Crippen LogP contribution is 2.34. The number of hydrogen-bond donors (Lipinski definition) is 1. The molecule has 2 aliphatic rings. The van der Waals surface area contributed by atoms with Gasteiger partial charge in [-0.05, 0) is 76.5 Å². The second-order valence-electron chi connectivity index (χ2n) is 8.55. The fourth-order valence-electron chi connectivity index (χ4n) is 3.94. The maximum Gasteiger partial charge on any atom is 0.410 e. The third-order valence-electron chi connectivity index (χ3n) is 5.35. The standard InChI is InChI=1S/C22H31NO3/c1-15-19-7-5-6-17(14-16-8-10-18(24)11-9-16)20(19)12-13-23(15)21(25)26-22(2,3)4/h5-7,14-15,18,24H,8-13H2,1-4H3. The van der Waals surface area contributed by atoms with E-state index in [-0.39, 0.29) is 18.2 Å². The van der Waals surface area contributed by atoms with E-state index < -0.39 is 5.60 Å². The molecule has 0 radical (unpaired) electrons. The number of fused-ring (bicyclic) bond motifs is 1. The molecule has 1 unspecified atom stereocenters. The lowest BCUT2D eigenvalue weighted by Crippen LogP contribution is -2.42. The molecule has 4 heteroatoms. The number of rotatable bonds is 1. The van der Waals surface area contributed by atoms with E-state index in [1.165, 1.54) is 22.3 Å². The number of carbonyl (C=O) groups excluding carboxylic acids is 1. The largest absolute Gasteiger partial charge is 0.444 e. The summed E-state index contributed by atoms with van der Waals surface area (Å²) < 4.78 is 5.58. The zero-order valence-corrected chi connectivity index (χ0v) is 16.4. The van der Waals surface area contributed by atoms with E-state index in [0.29, 0.717) is 6.54 Å². The predicted octanol–water partition coefficient (Wildman–Crippen LogP) is 4.86. The Hall–Kier alpha value is -1.81. The van der Waals surface area contributed by atoms with Gasteiger partial charge in [-0.15, -0.1) is 0 Å². The summed E-state index contributed by atoms with van der Waals surface area (Å²) in [7, 11) is 0. The smallest absolute Gasteiger partial charge is 0.410 e. The number of amides is 1. The summed E-state index contributed by atoms with van der Waals surface area (Å²) in [6, 6.07) is 6.40. The highest BCUT2D eigenvalue weighted by molar-refractivity contribution is 5.70. The second kappa shape index (κ2) is 7.43. The molecule has 1 aromatic rings. The van der Waals surface area contributed by atoms with Crippen molar-refractivity contribution in [2.24, 2.45) is 0 Å². The van der Waals surface area contributed by atoms with Gasteiger partial charge in [0.15, 0.2) is 0 Å². The van der Waals surface area contributed by atoms with Crippen molar-refractivity contribution in [3.8, 4) is 0 Å². The lowest BCUT2D eigenvalue weighted by molar-refractivity contribution is 0.0159. The van der Waals surface area contributed by atoms with Crippen LogP contribution < -0.4 is 0 Å². The van der Waals surface area contributed by atoms with Crippen molar-refractivity contribution < 1.29 is 14.6 Å². The number of hydrogen-bond acceptors (Lipinski definition) is 3. The number of allylic oxidation sites excluding steroid dienone is 1. The zero-order chi connectivity index (χ0) is 18.9. The van der Waals surface area contributed by atoms with E-state index in [0.717, 1.165) is 32.1 Å². The lowest BCUT2D eigenvalue weighted by Gasteiger charge is -2.37. The highest BCUT2D eigenvalue weighted by atomic mass is 16.6. The summed E-state index contributed by atoms with van der Waals surface area (Å²) in [6.07, 6.45) is 6.46. The molecular formula is C22H31NO3. The summed E-state index contributed by atoms with van der Waals surface area (Å²) in [5, 5.41) is 9.71. The molecular weight excluding hydrogens is 326 g/mol. The zero-order valence-electron chi connectivity index (χ0n) is 16.4. The number of carbonyl (C=O) groups is 1. The first kappa shape index (κ1) is 19.0. The Kier molecular flexibility index (Phi) is 5.42. The van der Waals surface area contributed by atoms with Crippen LogP contribution in [0.5, 0.6) is 0 Å². The molecule has 4 nitrogen and oxygen atoms in total. The average Bonchev–Trinajstić information content (AvgIpc) is 2.56. The molecule has 1 aliphatic carbocycles. The Labute approximate surface area is 156 Å². The number of ether oxygens (including phenoxy) is 1. The first-order valence-corrected chi connectivity index (χ1v) is 9.73. The summed E-state index contributed by atoms with van der Waals surface area (Å²) in [4.78, 5) is 14.4. The SMILES string of the molecule is CC1c2cccc(C=C3CCC(O)CC3)c2CCN1C(=O)OC(C)(C)C. The molecule has 26 heavy (non-hydrogen) atoms. The van der Waals surface area contributed by atoms with Crippen LogP contribution in [0.1, 0.15) is 76.1 Å². The van der Waals surface area contributed by atoms with Crippen LogP contribution in [0, 0.1) is 0 Å². The van der Waals surface area contributed by atoms with Crippen molar-refractivity contribution >= 4 is 12.2 Å². The van der Waals surface area contributed by atoms with Gasteiger partial charge in [0.05, 0.1) is 12.1 Å². The van der Waals surface area contributed by atoms with Crippen LogP contribution in [-0.2, 0) is 11.2 Å². The molecule has 3 rings (SSSR count). The Morgan fingerprint density at radius 1 is 1.23 bits per heavy atom. The molecule has 0 spiro atoms. The molecule has 1 N–H and O–H groups in total. The number of nitrogens with zero attached hydrogens (tertiary/aromatic N) is 1. The molecule has 0 bridgehead atoms. The van der Waals surface area contributed by atoms with Gasteiger partial charge >= 0.3 is 6.09 Å². The van der Waals surface area contributed by atoms with Gasteiger partial charge in [0.2, 0.25) is 0 Å². The lowest BCUT2D eigenvalue weighted by atomic mass is 9.86. The number of aliphatic hydroxyl groups is 1. The fraction of sp³-hybridized carbons (Fsp3) is 0.591. The Bertz CT molecular complexity index is 692. The molecule has 1 aromatic carbocycles. The van der Waals surface area contributed by atoms with Crippen molar-refractivity contribution in [2.45, 2.75) is 77.5 Å². The van der Waals surface area contributed by atoms with Crippen molar-refractivity contribution in [1.82, 2.24) is 4.90 Å². The first-order valence-electron chi connectivity index (χ1n) is 9.73. The quantitative estimate of drug-likeness (QED) is 0.781. The van der Waals surface area contributed by atoms with Crippen LogP contribution >= 0.6 is 0 Å². The summed E-state index contributed by atoms with van der Waals surface area (Å²) in [5.41, 5.74) is 4.77. The molecule has 1 amide bonds. The van der Waals surface area contributed by atoms with Crippen molar-refractivity contribution in [3.05, 3.63) is 40.5 Å². The predicted molar refractivity (Wildman–Crippen MR) is 104 cm³/mol. The van der Waals surface area contributed by atoms with Crippen LogP contribution in [0.2, 0.25) is 0 Å². The first-order chi connectivity index (χ1) is 12.2. The van der Waals surface area contributed by atoms with Crippen LogP contribution in [0.3, 0.4) is 0 Å². The molecule has 1 saturated carbocycles. The topological polar surface area (TPSA) is 49.8 Å². The molecule has 1 heterocycles. The molecule has 0 saturated heterocycles. The maximum atomic E-state index is 12.5. The van der Waals surface area contributed by atoms with Crippen molar-refractivity contribution in [2.75, 3.05) is 6.54 Å². The Balaban J connectivity index is 1.81. The number of benzene rings is 1. The van der Waals surface area contributed by atoms with E-state index in [9.17, 15) is 9.90 Å². The van der Waals surface area contributed by atoms with E-state index in [1.54, 1.807) is 0 Å². The van der Waals surface area contributed by atoms with Gasteiger partial charge in [0.1, 0.15) is 5.60 Å². The van der Waals surface area contributed by atoms with E-state index in [2.05, 4.69) is 31.2 Å². The third-order valence-corrected chi connectivity index (χ3v) is 5.35. The molecule has 1 atom stereocenters. The molecule has 1 aliphatic heterocycles.